The molecule has 0 fully saturated rings. The van der Waals surface area contributed by atoms with E-state index < -0.39 is 0 Å². The number of pyridine rings is 1. The molecular formula is C22H24N8O. The average Bonchev–Trinajstić information content (AvgIpc) is 3.46. The van der Waals surface area contributed by atoms with Gasteiger partial charge in [-0.2, -0.15) is 5.21 Å². The van der Waals surface area contributed by atoms with Gasteiger partial charge in [-0.05, 0) is 35.2 Å². The molecule has 0 aliphatic heterocycles. The summed E-state index contributed by atoms with van der Waals surface area (Å²) in [4.78, 5) is 21.2. The minimum Gasteiger partial charge on any atom is -0.291 e. The third-order valence-corrected chi connectivity index (χ3v) is 4.90. The van der Waals surface area contributed by atoms with Crippen LogP contribution < -0.4 is 0 Å². The van der Waals surface area contributed by atoms with Crippen molar-refractivity contribution in [1.29, 1.82) is 0 Å². The first-order chi connectivity index (χ1) is 15.2. The predicted octanol–water partition coefficient (Wildman–Crippen LogP) is 3.50. The molecule has 0 saturated carbocycles. The van der Waals surface area contributed by atoms with Gasteiger partial charge in [-0.3, -0.25) is 9.78 Å². The molecule has 0 radical (unpaired) electrons. The minimum absolute atomic E-state index is 0.000441. The highest BCUT2D eigenvalue weighted by molar-refractivity contribution is 5.92. The van der Waals surface area contributed by atoms with E-state index in [-0.39, 0.29) is 5.78 Å². The first-order valence-electron chi connectivity index (χ1n) is 10.4. The van der Waals surface area contributed by atoms with Gasteiger partial charge in [0, 0.05) is 31.1 Å². The highest BCUT2D eigenvalue weighted by atomic mass is 16.1. The van der Waals surface area contributed by atoms with Gasteiger partial charge in [0.05, 0.1) is 0 Å². The minimum atomic E-state index is -0.000441. The maximum atomic E-state index is 12.2. The van der Waals surface area contributed by atoms with Crippen LogP contribution in [0.3, 0.4) is 0 Å². The van der Waals surface area contributed by atoms with Crippen LogP contribution in [0.1, 0.15) is 55.1 Å². The number of nitrogens with one attached hydrogen (secondary N) is 1. The molecule has 0 aliphatic carbocycles. The monoisotopic (exact) mass is 416 g/mol. The lowest BCUT2D eigenvalue weighted by molar-refractivity contribution is 0.0971. The second kappa shape index (κ2) is 9.38. The number of nitrogens with zero attached hydrogens (tertiary/aromatic N) is 7. The lowest BCUT2D eigenvalue weighted by atomic mass is 10.0. The molecule has 1 aromatic carbocycles. The topological polar surface area (TPSA) is 115 Å². The van der Waals surface area contributed by atoms with Gasteiger partial charge < -0.3 is 0 Å². The largest absolute Gasteiger partial charge is 0.291 e. The van der Waals surface area contributed by atoms with Crippen molar-refractivity contribution in [3.8, 4) is 22.6 Å². The Morgan fingerprint density at radius 3 is 2.65 bits per heavy atom. The Balaban J connectivity index is 1.58. The molecule has 0 saturated heterocycles. The maximum Gasteiger partial charge on any atom is 0.223 e. The molecular weight excluding hydrogens is 392 g/mol. The van der Waals surface area contributed by atoms with Crippen molar-refractivity contribution in [3.05, 3.63) is 59.8 Å². The van der Waals surface area contributed by atoms with Crippen molar-refractivity contribution in [2.75, 3.05) is 0 Å². The van der Waals surface area contributed by atoms with E-state index in [1.54, 1.807) is 6.20 Å². The number of aryl methyl sites for hydroxylation is 1. The second-order valence-electron chi connectivity index (χ2n) is 7.26. The van der Waals surface area contributed by atoms with Crippen molar-refractivity contribution >= 4 is 5.78 Å². The molecule has 3 heterocycles. The number of Topliss-reactive ketones (excluding diaryl/α,β-unsaturated/α-hetero) is 1. The van der Waals surface area contributed by atoms with Crippen LogP contribution in [-0.4, -0.2) is 46.2 Å². The van der Waals surface area contributed by atoms with Gasteiger partial charge in [0.2, 0.25) is 17.4 Å². The zero-order chi connectivity index (χ0) is 21.6. The number of benzene rings is 1. The van der Waals surface area contributed by atoms with Crippen LogP contribution in [0.5, 0.6) is 0 Å². The summed E-state index contributed by atoms with van der Waals surface area (Å²) in [7, 11) is 0. The molecule has 9 heteroatoms. The SMILES string of the molecule is CCCC(=O)c1nc(Cc2ccc(-c3cccnc3-c3nn[nH]n3)cc2)n(CCC)n1. The molecule has 0 aliphatic rings. The summed E-state index contributed by atoms with van der Waals surface area (Å²) >= 11 is 0. The lowest BCUT2D eigenvalue weighted by Crippen LogP contribution is -2.06. The van der Waals surface area contributed by atoms with Crippen LogP contribution in [0.2, 0.25) is 0 Å². The molecule has 31 heavy (non-hydrogen) atoms. The highest BCUT2D eigenvalue weighted by Gasteiger charge is 2.16. The molecule has 0 spiro atoms. The molecule has 0 bridgehead atoms. The average molecular weight is 416 g/mol. The Hall–Kier alpha value is -3.75. The summed E-state index contributed by atoms with van der Waals surface area (Å²) in [6.45, 7) is 4.81. The first kappa shape index (κ1) is 20.5. The van der Waals surface area contributed by atoms with E-state index in [0.717, 1.165) is 41.9 Å². The van der Waals surface area contributed by atoms with Gasteiger partial charge in [0.1, 0.15) is 11.5 Å². The third-order valence-electron chi connectivity index (χ3n) is 4.90. The summed E-state index contributed by atoms with van der Waals surface area (Å²) in [5, 5.41) is 18.6. The van der Waals surface area contributed by atoms with Gasteiger partial charge in [-0.15, -0.1) is 15.3 Å². The Labute approximate surface area is 180 Å². The van der Waals surface area contributed by atoms with E-state index in [1.165, 1.54) is 0 Å². The van der Waals surface area contributed by atoms with Crippen LogP contribution >= 0.6 is 0 Å². The van der Waals surface area contributed by atoms with Gasteiger partial charge in [0.25, 0.3) is 0 Å². The van der Waals surface area contributed by atoms with Crippen LogP contribution in [0.15, 0.2) is 42.6 Å². The lowest BCUT2D eigenvalue weighted by Gasteiger charge is -2.08. The van der Waals surface area contributed by atoms with Gasteiger partial charge >= 0.3 is 0 Å². The van der Waals surface area contributed by atoms with Gasteiger partial charge in [0.15, 0.2) is 0 Å². The summed E-state index contributed by atoms with van der Waals surface area (Å²) in [5.41, 5.74) is 3.70. The van der Waals surface area contributed by atoms with E-state index in [0.29, 0.717) is 30.2 Å². The number of hydrogen-bond acceptors (Lipinski definition) is 7. The summed E-state index contributed by atoms with van der Waals surface area (Å²) in [5.74, 6) is 1.58. The molecule has 9 nitrogen and oxygen atoms in total. The van der Waals surface area contributed by atoms with E-state index >= 15 is 0 Å². The normalized spacial score (nSPS) is 11.0. The van der Waals surface area contributed by atoms with Crippen LogP contribution in [0.4, 0.5) is 0 Å². The Morgan fingerprint density at radius 2 is 1.94 bits per heavy atom. The number of rotatable bonds is 9. The molecule has 4 aromatic rings. The van der Waals surface area contributed by atoms with E-state index in [4.69, 9.17) is 0 Å². The van der Waals surface area contributed by atoms with E-state index in [9.17, 15) is 4.79 Å². The molecule has 0 unspecified atom stereocenters. The van der Waals surface area contributed by atoms with E-state index in [2.05, 4.69) is 54.7 Å². The number of H-pyrrole nitrogens is 1. The van der Waals surface area contributed by atoms with Crippen molar-refractivity contribution < 1.29 is 4.79 Å². The van der Waals surface area contributed by atoms with Crippen LogP contribution in [-0.2, 0) is 13.0 Å². The second-order valence-corrected chi connectivity index (χ2v) is 7.26. The number of aromatic amines is 1. The zero-order valence-corrected chi connectivity index (χ0v) is 17.6. The predicted molar refractivity (Wildman–Crippen MR) is 115 cm³/mol. The molecule has 0 amide bonds. The summed E-state index contributed by atoms with van der Waals surface area (Å²) in [6, 6.07) is 12.1. The number of carbonyl (C=O) groups is 1. The van der Waals surface area contributed by atoms with Gasteiger partial charge in [-0.1, -0.05) is 44.2 Å². The van der Waals surface area contributed by atoms with Gasteiger partial charge in [-0.25, -0.2) is 9.67 Å². The molecule has 0 atom stereocenters. The fraction of sp³-hybridized carbons (Fsp3) is 0.318. The molecule has 4 rings (SSSR count). The highest BCUT2D eigenvalue weighted by Crippen LogP contribution is 2.28. The maximum absolute atomic E-state index is 12.2. The first-order valence-corrected chi connectivity index (χ1v) is 10.4. The standard InChI is InChI=1S/C22H24N8O/c1-3-6-18(31)21-24-19(30(27-21)13-4-2)14-15-8-10-16(11-9-15)17-7-5-12-23-20(17)22-25-28-29-26-22/h5,7-12H,3-4,6,13-14H2,1-2H3,(H,25,26,28,29). The van der Waals surface area contributed by atoms with Crippen molar-refractivity contribution in [2.24, 2.45) is 0 Å². The van der Waals surface area contributed by atoms with Crippen molar-refractivity contribution in [3.63, 3.8) is 0 Å². The fourth-order valence-electron chi connectivity index (χ4n) is 3.42. The Kier molecular flexibility index (Phi) is 6.21. The molecule has 3 aromatic heterocycles. The number of hydrogen-bond donors (Lipinski definition) is 1. The quantitative estimate of drug-likeness (QED) is 0.415. The Bertz CT molecular complexity index is 1150. The van der Waals surface area contributed by atoms with Crippen LogP contribution in [0.25, 0.3) is 22.6 Å². The zero-order valence-electron chi connectivity index (χ0n) is 17.6. The smallest absolute Gasteiger partial charge is 0.223 e. The third kappa shape index (κ3) is 4.55. The number of tetrazole rings is 1. The Morgan fingerprint density at radius 1 is 1.10 bits per heavy atom. The number of aromatic nitrogens is 8. The number of ketones is 1. The molecule has 1 N–H and O–H groups in total. The fourth-order valence-corrected chi connectivity index (χ4v) is 3.42. The van der Waals surface area contributed by atoms with Crippen LogP contribution in [0, 0.1) is 0 Å². The number of carbonyl (C=O) groups excluding carboxylic acids is 1. The van der Waals surface area contributed by atoms with Crippen molar-refractivity contribution in [1.82, 2.24) is 40.4 Å². The van der Waals surface area contributed by atoms with Crippen molar-refractivity contribution in [2.45, 2.75) is 46.1 Å². The molecule has 158 valence electrons. The summed E-state index contributed by atoms with van der Waals surface area (Å²) in [6.07, 6.45) is 4.51. The van der Waals surface area contributed by atoms with E-state index in [1.807, 2.05) is 35.9 Å². The summed E-state index contributed by atoms with van der Waals surface area (Å²) < 4.78 is 1.85.